The van der Waals surface area contributed by atoms with Crippen LogP contribution in [0.2, 0.25) is 5.02 Å². The van der Waals surface area contributed by atoms with Crippen molar-refractivity contribution in [2.75, 3.05) is 6.67 Å². The van der Waals surface area contributed by atoms with Crippen LogP contribution in [0.25, 0.3) is 0 Å². The van der Waals surface area contributed by atoms with Gasteiger partial charge in [0.2, 0.25) is 0 Å². The van der Waals surface area contributed by atoms with E-state index in [1.165, 1.54) is 18.3 Å². The maximum absolute atomic E-state index is 14.8. The van der Waals surface area contributed by atoms with E-state index in [1.54, 1.807) is 19.9 Å². The topological polar surface area (TPSA) is 84.3 Å². The van der Waals surface area contributed by atoms with Gasteiger partial charge in [-0.2, -0.15) is 5.26 Å². The van der Waals surface area contributed by atoms with Crippen LogP contribution in [0, 0.1) is 35.9 Å². The minimum Gasteiger partial charge on any atom is -0.459 e. The van der Waals surface area contributed by atoms with E-state index in [9.17, 15) is 8.78 Å². The minimum atomic E-state index is -1.09. The molecule has 1 aliphatic rings. The summed E-state index contributed by atoms with van der Waals surface area (Å²) >= 11 is 6.11. The van der Waals surface area contributed by atoms with Crippen molar-refractivity contribution < 1.29 is 13.5 Å². The van der Waals surface area contributed by atoms with Crippen molar-refractivity contribution in [2.45, 2.75) is 31.9 Å². The zero-order valence-electron chi connectivity index (χ0n) is 15.8. The van der Waals surface area contributed by atoms with Crippen molar-refractivity contribution in [2.24, 2.45) is 10.7 Å². The third-order valence-corrected chi connectivity index (χ3v) is 4.91. The third kappa shape index (κ3) is 4.31. The van der Waals surface area contributed by atoms with Crippen molar-refractivity contribution in [1.82, 2.24) is 4.98 Å². The zero-order chi connectivity index (χ0) is 21.2. The molecule has 3 rings (SSSR count). The molecule has 1 aliphatic heterocycles. The average molecular weight is 415 g/mol. The fraction of sp³-hybridized carbons (Fsp3) is 0.286. The Morgan fingerprint density at radius 2 is 2.14 bits per heavy atom. The molecule has 0 saturated heterocycles. The van der Waals surface area contributed by atoms with Gasteiger partial charge in [-0.15, -0.1) is 0 Å². The highest BCUT2D eigenvalue weighted by molar-refractivity contribution is 6.31. The number of alkyl halides is 1. The molecule has 0 spiro atoms. The highest BCUT2D eigenvalue weighted by Gasteiger charge is 2.37. The Hall–Kier alpha value is -3.16. The molecule has 148 valence electrons. The first kappa shape index (κ1) is 20.6. The second kappa shape index (κ2) is 8.06. The Labute approximate surface area is 172 Å². The van der Waals surface area contributed by atoms with Gasteiger partial charge in [-0.05, 0) is 43.5 Å². The first-order valence-corrected chi connectivity index (χ1v) is 9.10. The first-order valence-electron chi connectivity index (χ1n) is 8.72. The van der Waals surface area contributed by atoms with E-state index in [2.05, 4.69) is 21.8 Å². The first-order chi connectivity index (χ1) is 13.8. The molecule has 8 heteroatoms. The van der Waals surface area contributed by atoms with Gasteiger partial charge >= 0.3 is 0 Å². The van der Waals surface area contributed by atoms with Crippen LogP contribution in [0.15, 0.2) is 29.4 Å². The lowest BCUT2D eigenvalue weighted by molar-refractivity contribution is 0.0934. The number of ether oxygens (including phenoxy) is 1. The maximum Gasteiger partial charge on any atom is 0.283 e. The Kier molecular flexibility index (Phi) is 5.72. The van der Waals surface area contributed by atoms with E-state index in [1.807, 2.05) is 6.07 Å². The van der Waals surface area contributed by atoms with E-state index in [0.29, 0.717) is 22.4 Å². The van der Waals surface area contributed by atoms with Crippen LogP contribution in [0.1, 0.15) is 41.3 Å². The third-order valence-electron chi connectivity index (χ3n) is 4.62. The molecule has 2 atom stereocenters. The summed E-state index contributed by atoms with van der Waals surface area (Å²) in [5, 5.41) is 9.13. The summed E-state index contributed by atoms with van der Waals surface area (Å²) in [6.07, 6.45) is 0.714. The quantitative estimate of drug-likeness (QED) is 0.758. The fourth-order valence-electron chi connectivity index (χ4n) is 3.16. The number of pyridine rings is 1. The molecule has 2 heterocycles. The Balaban J connectivity index is 2.04. The van der Waals surface area contributed by atoms with Crippen molar-refractivity contribution in [3.05, 3.63) is 63.2 Å². The van der Waals surface area contributed by atoms with Crippen molar-refractivity contribution in [3.8, 4) is 17.9 Å². The summed E-state index contributed by atoms with van der Waals surface area (Å²) in [6, 6.07) is 6.17. The number of rotatable bonds is 2. The van der Waals surface area contributed by atoms with Gasteiger partial charge in [0.1, 0.15) is 30.4 Å². The van der Waals surface area contributed by atoms with Crippen LogP contribution in [0.5, 0.6) is 0 Å². The van der Waals surface area contributed by atoms with Crippen LogP contribution >= 0.6 is 11.6 Å². The summed E-state index contributed by atoms with van der Waals surface area (Å²) < 4.78 is 33.1. The van der Waals surface area contributed by atoms with Crippen molar-refractivity contribution in [3.63, 3.8) is 0 Å². The highest BCUT2D eigenvalue weighted by Crippen LogP contribution is 2.37. The van der Waals surface area contributed by atoms with Gasteiger partial charge in [0, 0.05) is 23.7 Å². The van der Waals surface area contributed by atoms with Gasteiger partial charge in [-0.1, -0.05) is 17.5 Å². The summed E-state index contributed by atoms with van der Waals surface area (Å²) in [7, 11) is 0. The molecule has 5 nitrogen and oxygen atoms in total. The molecule has 0 fully saturated rings. The van der Waals surface area contributed by atoms with E-state index < -0.39 is 24.1 Å². The van der Waals surface area contributed by atoms with Crippen molar-refractivity contribution >= 4 is 17.6 Å². The smallest absolute Gasteiger partial charge is 0.283 e. The van der Waals surface area contributed by atoms with Crippen LogP contribution in [-0.4, -0.2) is 23.8 Å². The lowest BCUT2D eigenvalue weighted by Crippen LogP contribution is -2.40. The second-order valence-electron chi connectivity index (χ2n) is 6.89. The standard InChI is InChI=1S/C21H17ClF2N4O/c1-12-5-18(24)16(21(2)8-15(9-23)29-20(26)28-21)7-14(12)3-4-19-17(22)6-13(10-25)11-27-19/h5-7,11,15H,8-9H2,1-2H3,(H2,26,28). The Morgan fingerprint density at radius 3 is 2.79 bits per heavy atom. The second-order valence-corrected chi connectivity index (χ2v) is 7.29. The van der Waals surface area contributed by atoms with Crippen molar-refractivity contribution in [1.29, 1.82) is 5.26 Å². The van der Waals surface area contributed by atoms with Gasteiger partial charge in [0.05, 0.1) is 16.1 Å². The Morgan fingerprint density at radius 1 is 1.38 bits per heavy atom. The number of amidine groups is 1. The van der Waals surface area contributed by atoms with Crippen LogP contribution in [0.4, 0.5) is 8.78 Å². The lowest BCUT2D eigenvalue weighted by atomic mass is 9.84. The molecule has 0 aliphatic carbocycles. The summed E-state index contributed by atoms with van der Waals surface area (Å²) in [5.41, 5.74) is 6.61. The van der Waals surface area contributed by atoms with E-state index in [0.717, 1.165) is 0 Å². The SMILES string of the molecule is Cc1cc(F)c(C2(C)CC(CF)OC(N)=N2)cc1C#Cc1ncc(C#N)cc1Cl. The monoisotopic (exact) mass is 414 g/mol. The summed E-state index contributed by atoms with van der Waals surface area (Å²) in [4.78, 5) is 8.29. The molecule has 0 saturated carbocycles. The predicted octanol–water partition coefficient (Wildman–Crippen LogP) is 3.74. The number of aliphatic imine (C=N–C) groups is 1. The molecule has 2 N–H and O–H groups in total. The molecule has 2 unspecified atom stereocenters. The molecular weight excluding hydrogens is 398 g/mol. The van der Waals surface area contributed by atoms with Gasteiger partial charge < -0.3 is 10.5 Å². The number of halogens is 3. The van der Waals surface area contributed by atoms with Crippen LogP contribution in [-0.2, 0) is 10.3 Å². The minimum absolute atomic E-state index is 0.139. The van der Waals surface area contributed by atoms with E-state index in [4.69, 9.17) is 27.3 Å². The predicted molar refractivity (Wildman–Crippen MR) is 106 cm³/mol. The summed E-state index contributed by atoms with van der Waals surface area (Å²) in [5.74, 6) is 5.29. The van der Waals surface area contributed by atoms with E-state index in [-0.39, 0.29) is 23.0 Å². The number of hydrogen-bond acceptors (Lipinski definition) is 5. The molecule has 0 radical (unpaired) electrons. The van der Waals surface area contributed by atoms with E-state index >= 15 is 0 Å². The fourth-order valence-corrected chi connectivity index (χ4v) is 3.38. The van der Waals surface area contributed by atoms with Gasteiger partial charge in [-0.3, -0.25) is 0 Å². The Bertz CT molecular complexity index is 1100. The molecule has 29 heavy (non-hydrogen) atoms. The summed E-state index contributed by atoms with van der Waals surface area (Å²) in [6.45, 7) is 2.64. The number of nitriles is 1. The normalized spacial score (nSPS) is 20.7. The zero-order valence-corrected chi connectivity index (χ0v) is 16.5. The van der Waals surface area contributed by atoms with Crippen LogP contribution in [0.3, 0.4) is 0 Å². The number of benzene rings is 1. The van der Waals surface area contributed by atoms with Gasteiger partial charge in [0.25, 0.3) is 6.02 Å². The molecule has 0 bridgehead atoms. The number of hydrogen-bond donors (Lipinski definition) is 1. The number of aromatic nitrogens is 1. The number of nitrogens with two attached hydrogens (primary N) is 1. The lowest BCUT2D eigenvalue weighted by Gasteiger charge is -2.34. The van der Waals surface area contributed by atoms with Gasteiger partial charge in [0.15, 0.2) is 0 Å². The van der Waals surface area contributed by atoms with Gasteiger partial charge in [-0.25, -0.2) is 18.8 Å². The number of nitrogens with zero attached hydrogens (tertiary/aromatic N) is 3. The molecule has 2 aromatic rings. The largest absolute Gasteiger partial charge is 0.459 e. The number of aryl methyl sites for hydroxylation is 1. The average Bonchev–Trinajstić information content (AvgIpc) is 2.67. The molecule has 0 amide bonds. The molecule has 1 aromatic carbocycles. The molecular formula is C21H17ClF2N4O. The highest BCUT2D eigenvalue weighted by atomic mass is 35.5. The van der Waals surface area contributed by atoms with Crippen LogP contribution < -0.4 is 5.73 Å². The maximum atomic E-state index is 14.8. The molecule has 1 aromatic heterocycles.